The van der Waals surface area contributed by atoms with Crippen molar-refractivity contribution in [3.05, 3.63) is 76.6 Å². The lowest BCUT2D eigenvalue weighted by atomic mass is 9.82. The van der Waals surface area contributed by atoms with Gasteiger partial charge in [0.05, 0.1) is 18.3 Å². The predicted octanol–water partition coefficient (Wildman–Crippen LogP) is 2.48. The van der Waals surface area contributed by atoms with Crippen molar-refractivity contribution in [1.29, 1.82) is 0 Å². The molecule has 182 valence electrons. The molecule has 2 heterocycles. The zero-order valence-corrected chi connectivity index (χ0v) is 20.1. The Morgan fingerprint density at radius 2 is 2.03 bits per heavy atom. The number of nitrogens with zero attached hydrogens (tertiary/aromatic N) is 6. The molecule has 35 heavy (non-hydrogen) atoms. The van der Waals surface area contributed by atoms with Crippen LogP contribution in [0.3, 0.4) is 0 Å². The number of aromatic nitrogens is 4. The van der Waals surface area contributed by atoms with Crippen molar-refractivity contribution in [1.82, 2.24) is 30.2 Å². The van der Waals surface area contributed by atoms with Gasteiger partial charge in [-0.2, -0.15) is 4.98 Å². The van der Waals surface area contributed by atoms with Crippen LogP contribution in [0.2, 0.25) is 0 Å². The van der Waals surface area contributed by atoms with Gasteiger partial charge < -0.3 is 20.3 Å². The van der Waals surface area contributed by atoms with E-state index in [2.05, 4.69) is 30.6 Å². The first-order valence-corrected chi connectivity index (χ1v) is 11.1. The maximum atomic E-state index is 12.1. The molecule has 3 aromatic rings. The third-order valence-corrected chi connectivity index (χ3v) is 6.06. The molecule has 2 N–H and O–H groups in total. The first-order valence-electron chi connectivity index (χ1n) is 11.1. The van der Waals surface area contributed by atoms with E-state index < -0.39 is 11.6 Å². The lowest BCUT2D eigenvalue weighted by molar-refractivity contribution is -0.519. The summed E-state index contributed by atoms with van der Waals surface area (Å²) in [5.41, 5.74) is 1.11. The van der Waals surface area contributed by atoms with E-state index in [9.17, 15) is 10.1 Å². The van der Waals surface area contributed by atoms with Gasteiger partial charge in [-0.05, 0) is 52.3 Å². The van der Waals surface area contributed by atoms with Gasteiger partial charge in [0.15, 0.2) is 5.82 Å². The fraction of sp³-hybridized carbons (Fsp3) is 0.333. The van der Waals surface area contributed by atoms with Crippen LogP contribution in [-0.4, -0.2) is 76.1 Å². The Labute approximate surface area is 203 Å². The van der Waals surface area contributed by atoms with Crippen LogP contribution in [0.25, 0.3) is 22.3 Å². The van der Waals surface area contributed by atoms with Crippen molar-refractivity contribution in [3.63, 3.8) is 0 Å². The second kappa shape index (κ2) is 10.1. The Morgan fingerprint density at radius 1 is 1.23 bits per heavy atom. The van der Waals surface area contributed by atoms with Gasteiger partial charge >= 0.3 is 0 Å². The summed E-state index contributed by atoms with van der Waals surface area (Å²) in [6.45, 7) is 0.659. The summed E-state index contributed by atoms with van der Waals surface area (Å²) in [7, 11) is 7.11. The highest BCUT2D eigenvalue weighted by Gasteiger charge is 2.46. The van der Waals surface area contributed by atoms with E-state index in [1.807, 2.05) is 49.3 Å². The van der Waals surface area contributed by atoms with E-state index in [1.54, 1.807) is 25.4 Å². The first-order chi connectivity index (χ1) is 16.8. The van der Waals surface area contributed by atoms with Crippen molar-refractivity contribution >= 4 is 16.9 Å². The quantitative estimate of drug-likeness (QED) is 0.351. The molecule has 11 heteroatoms. The molecule has 0 spiro atoms. The van der Waals surface area contributed by atoms with E-state index >= 15 is 0 Å². The fourth-order valence-electron chi connectivity index (χ4n) is 4.09. The Bertz CT molecular complexity index is 1290. The molecular formula is C24H28N8O3. The van der Waals surface area contributed by atoms with Crippen molar-refractivity contribution in [2.24, 2.45) is 0 Å². The molecule has 0 saturated heterocycles. The molecule has 1 aliphatic rings. The summed E-state index contributed by atoms with van der Waals surface area (Å²) in [6.07, 6.45) is 6.92. The van der Waals surface area contributed by atoms with Gasteiger partial charge in [-0.25, -0.2) is 9.97 Å². The maximum Gasteiger partial charge on any atom is 0.255 e. The molecule has 0 radical (unpaired) electrons. The highest BCUT2D eigenvalue weighted by molar-refractivity contribution is 5.82. The predicted molar refractivity (Wildman–Crippen MR) is 133 cm³/mol. The molecule has 0 saturated carbocycles. The topological polar surface area (TPSA) is 131 Å². The summed E-state index contributed by atoms with van der Waals surface area (Å²) in [5.74, 6) is 1.14. The molecule has 4 rings (SSSR count). The number of anilines is 1. The Hall–Kier alpha value is -3.96. The van der Waals surface area contributed by atoms with Crippen molar-refractivity contribution < 1.29 is 9.66 Å². The van der Waals surface area contributed by atoms with Crippen molar-refractivity contribution in [2.75, 3.05) is 40.1 Å². The number of methoxy groups -OCH3 is 1. The normalized spacial score (nSPS) is 19.9. The van der Waals surface area contributed by atoms with Gasteiger partial charge in [-0.1, -0.05) is 18.2 Å². The summed E-state index contributed by atoms with van der Waals surface area (Å²) in [4.78, 5) is 31.2. The zero-order chi connectivity index (χ0) is 25.0. The minimum Gasteiger partial charge on any atom is -0.495 e. The number of nitro groups is 1. The largest absolute Gasteiger partial charge is 0.495 e. The molecule has 2 aromatic heterocycles. The van der Waals surface area contributed by atoms with Crippen molar-refractivity contribution in [2.45, 2.75) is 18.0 Å². The summed E-state index contributed by atoms with van der Waals surface area (Å²) >= 11 is 0. The third kappa shape index (κ3) is 5.10. The van der Waals surface area contributed by atoms with Crippen LogP contribution >= 0.6 is 0 Å². The molecule has 2 unspecified atom stereocenters. The number of likely N-dealkylation sites (N-methyl/N-ethyl adjacent to an activating group) is 1. The molecule has 11 nitrogen and oxygen atoms in total. The van der Waals surface area contributed by atoms with Crippen LogP contribution in [0, 0.1) is 10.1 Å². The van der Waals surface area contributed by atoms with Gasteiger partial charge in [-0.3, -0.25) is 15.1 Å². The van der Waals surface area contributed by atoms with Crippen LogP contribution in [0.1, 0.15) is 6.42 Å². The van der Waals surface area contributed by atoms with E-state index in [1.165, 1.54) is 13.4 Å². The number of hydrogen-bond acceptors (Lipinski definition) is 10. The number of benzene rings is 1. The van der Waals surface area contributed by atoms with Crippen LogP contribution in [0.4, 0.5) is 5.95 Å². The standard InChI is InChI=1S/C24H28N8O3/c1-25-24(9-10-31(2)3)13-20(35-4)19(12-21(24)32(33)34)29-23-28-15-27-22(30-23)17-11-16-7-5-6-8-18(16)26-14-17/h5-8,11-15,21,25H,9-10H2,1-4H3,(H,27,28,29,30). The van der Waals surface area contributed by atoms with Crippen molar-refractivity contribution in [3.8, 4) is 11.4 Å². The second-order valence-electron chi connectivity index (χ2n) is 8.54. The Balaban J connectivity index is 1.65. The lowest BCUT2D eigenvalue weighted by Gasteiger charge is -2.36. The smallest absolute Gasteiger partial charge is 0.255 e. The minimum atomic E-state index is -1.03. The second-order valence-corrected chi connectivity index (χ2v) is 8.54. The van der Waals surface area contributed by atoms with E-state index in [4.69, 9.17) is 4.74 Å². The number of ether oxygens (including phenoxy) is 1. The van der Waals surface area contributed by atoms with Gasteiger partial charge in [0.1, 0.15) is 17.6 Å². The number of para-hydroxylation sites is 1. The van der Waals surface area contributed by atoms with E-state index in [0.29, 0.717) is 30.2 Å². The zero-order valence-electron chi connectivity index (χ0n) is 20.1. The molecule has 0 amide bonds. The average Bonchev–Trinajstić information content (AvgIpc) is 2.87. The number of hydrogen-bond donors (Lipinski definition) is 2. The molecule has 2 atom stereocenters. The fourth-order valence-corrected chi connectivity index (χ4v) is 4.09. The monoisotopic (exact) mass is 476 g/mol. The number of nitrogens with one attached hydrogen (secondary N) is 2. The van der Waals surface area contributed by atoms with Crippen LogP contribution < -0.4 is 10.6 Å². The maximum absolute atomic E-state index is 12.1. The highest BCUT2D eigenvalue weighted by atomic mass is 16.6. The lowest BCUT2D eigenvalue weighted by Crippen LogP contribution is -2.57. The molecule has 0 aliphatic heterocycles. The van der Waals surface area contributed by atoms with Gasteiger partial charge in [0.25, 0.3) is 6.04 Å². The van der Waals surface area contributed by atoms with Crippen LogP contribution in [0.15, 0.2) is 66.5 Å². The molecular weight excluding hydrogens is 448 g/mol. The number of rotatable bonds is 9. The highest BCUT2D eigenvalue weighted by Crippen LogP contribution is 2.32. The Kier molecular flexibility index (Phi) is 6.99. The molecule has 1 aromatic carbocycles. The van der Waals surface area contributed by atoms with Gasteiger partial charge in [0, 0.05) is 28.1 Å². The van der Waals surface area contributed by atoms with E-state index in [-0.39, 0.29) is 10.9 Å². The van der Waals surface area contributed by atoms with E-state index in [0.717, 1.165) is 16.5 Å². The minimum absolute atomic E-state index is 0.240. The van der Waals surface area contributed by atoms with Gasteiger partial charge in [0.2, 0.25) is 5.95 Å². The third-order valence-electron chi connectivity index (χ3n) is 6.06. The summed E-state index contributed by atoms with van der Waals surface area (Å²) < 4.78 is 5.60. The number of pyridine rings is 1. The van der Waals surface area contributed by atoms with Crippen LogP contribution in [0.5, 0.6) is 0 Å². The van der Waals surface area contributed by atoms with Crippen LogP contribution in [-0.2, 0) is 4.74 Å². The molecule has 0 bridgehead atoms. The average molecular weight is 477 g/mol. The Morgan fingerprint density at radius 3 is 2.74 bits per heavy atom. The molecule has 0 fully saturated rings. The summed E-state index contributed by atoms with van der Waals surface area (Å²) in [5, 5.41) is 19.3. The summed E-state index contributed by atoms with van der Waals surface area (Å²) in [6, 6.07) is 8.70. The first kappa shape index (κ1) is 24.2. The number of fused-ring (bicyclic) bond motifs is 1. The SMILES string of the molecule is CNC1(CCN(C)C)C=C(OC)C(Nc2ncnc(-c3cnc4ccccc4c3)n2)=CC1[N+](=O)[O-]. The molecule has 1 aliphatic carbocycles. The van der Waals surface area contributed by atoms with Gasteiger partial charge in [-0.15, -0.1) is 0 Å².